The molecule has 0 unspecified atom stereocenters. The number of phenols is 1. The highest BCUT2D eigenvalue weighted by Gasteiger charge is 2.27. The van der Waals surface area contributed by atoms with Crippen LogP contribution in [0.3, 0.4) is 0 Å². The third kappa shape index (κ3) is 5.43. The first-order chi connectivity index (χ1) is 12.6. The summed E-state index contributed by atoms with van der Waals surface area (Å²) in [4.78, 5) is 36.0. The Balaban J connectivity index is 2.58. The second-order valence-electron chi connectivity index (χ2n) is 5.31. The average Bonchev–Trinajstić information content (AvgIpc) is 2.57. The second-order valence-corrected chi connectivity index (χ2v) is 8.55. The molecule has 142 valence electrons. The largest absolute Gasteiger partial charge is 0.508 e. The van der Waals surface area contributed by atoms with Gasteiger partial charge in [0.2, 0.25) is 11.8 Å². The van der Waals surface area contributed by atoms with Gasteiger partial charge in [0.15, 0.2) is 0 Å². The van der Waals surface area contributed by atoms with Gasteiger partial charge in [-0.1, -0.05) is 0 Å². The van der Waals surface area contributed by atoms with Crippen molar-refractivity contribution in [2.24, 2.45) is 0 Å². The molecule has 3 N–H and O–H groups in total. The zero-order valence-corrected chi connectivity index (χ0v) is 20.5. The van der Waals surface area contributed by atoms with Crippen molar-refractivity contribution < 1.29 is 24.2 Å². The van der Waals surface area contributed by atoms with Gasteiger partial charge in [0.1, 0.15) is 11.5 Å². The zero-order chi connectivity index (χ0) is 20.3. The van der Waals surface area contributed by atoms with Crippen molar-refractivity contribution >= 4 is 96.9 Å². The van der Waals surface area contributed by atoms with Crippen LogP contribution in [0.2, 0.25) is 0 Å². The lowest BCUT2D eigenvalue weighted by molar-refractivity contribution is -0.115. The normalized spacial score (nSPS) is 10.3. The fraction of sp³-hybridized carbons (Fsp3) is 0.118. The predicted molar refractivity (Wildman–Crippen MR) is 126 cm³/mol. The highest BCUT2D eigenvalue weighted by atomic mass is 127. The van der Waals surface area contributed by atoms with Crippen LogP contribution in [-0.2, 0) is 9.59 Å². The summed E-state index contributed by atoms with van der Waals surface area (Å²) in [6, 6.07) is 5.72. The zero-order valence-electron chi connectivity index (χ0n) is 14.0. The molecule has 2 aromatic carbocycles. The van der Waals surface area contributed by atoms with Crippen LogP contribution in [-0.4, -0.2) is 22.9 Å². The molecule has 0 saturated heterocycles. The molecule has 0 bridgehead atoms. The smallest absolute Gasteiger partial charge is 0.345 e. The number of halogens is 3. The van der Waals surface area contributed by atoms with Crippen molar-refractivity contribution in [2.75, 3.05) is 10.6 Å². The maximum atomic E-state index is 12.8. The topological polar surface area (TPSA) is 105 Å². The number of carbonyl (C=O) groups is 3. The van der Waals surface area contributed by atoms with Gasteiger partial charge in [0, 0.05) is 13.8 Å². The fourth-order valence-electron chi connectivity index (χ4n) is 2.09. The number of amides is 2. The number of ether oxygens (including phenoxy) is 1. The first-order valence-corrected chi connectivity index (χ1v) is 10.6. The Kier molecular flexibility index (Phi) is 7.67. The van der Waals surface area contributed by atoms with Crippen LogP contribution in [0.1, 0.15) is 24.2 Å². The van der Waals surface area contributed by atoms with Crippen molar-refractivity contribution in [3.05, 3.63) is 40.5 Å². The monoisotopic (exact) mass is 706 g/mol. The first kappa shape index (κ1) is 22.1. The molecule has 0 aliphatic rings. The van der Waals surface area contributed by atoms with Crippen LogP contribution >= 0.6 is 67.8 Å². The van der Waals surface area contributed by atoms with Crippen molar-refractivity contribution in [1.29, 1.82) is 0 Å². The summed E-state index contributed by atoms with van der Waals surface area (Å²) in [5.74, 6) is -0.958. The summed E-state index contributed by atoms with van der Waals surface area (Å²) in [5.41, 5.74) is 1.06. The Labute approximate surface area is 196 Å². The summed E-state index contributed by atoms with van der Waals surface area (Å²) in [5, 5.41) is 14.7. The molecule has 0 aromatic heterocycles. The number of carbonyl (C=O) groups excluding carboxylic acids is 3. The number of hydrogen-bond donors (Lipinski definition) is 3. The van der Waals surface area contributed by atoms with E-state index >= 15 is 0 Å². The van der Waals surface area contributed by atoms with E-state index in [2.05, 4.69) is 10.6 Å². The molecule has 0 fully saturated rings. The minimum absolute atomic E-state index is 0.0501. The lowest BCUT2D eigenvalue weighted by atomic mass is 10.1. The number of rotatable bonds is 4. The van der Waals surface area contributed by atoms with Crippen molar-refractivity contribution in [3.63, 3.8) is 0 Å². The van der Waals surface area contributed by atoms with Crippen LogP contribution < -0.4 is 15.4 Å². The number of benzene rings is 2. The van der Waals surface area contributed by atoms with E-state index < -0.39 is 5.97 Å². The molecular weight excluding hydrogens is 693 g/mol. The minimum atomic E-state index is -0.649. The summed E-state index contributed by atoms with van der Waals surface area (Å²) >= 11 is 5.93. The third-order valence-electron chi connectivity index (χ3n) is 3.17. The third-order valence-corrected chi connectivity index (χ3v) is 6.41. The molecule has 0 radical (unpaired) electrons. The van der Waals surface area contributed by atoms with Gasteiger partial charge in [-0.2, -0.15) is 0 Å². The van der Waals surface area contributed by atoms with Crippen molar-refractivity contribution in [1.82, 2.24) is 0 Å². The first-order valence-electron chi connectivity index (χ1n) is 7.38. The molecule has 0 aliphatic carbocycles. The van der Waals surface area contributed by atoms with E-state index in [1.165, 1.54) is 38.1 Å². The molecule has 0 atom stereocenters. The van der Waals surface area contributed by atoms with Gasteiger partial charge in [-0.3, -0.25) is 9.59 Å². The van der Waals surface area contributed by atoms with Gasteiger partial charge >= 0.3 is 5.97 Å². The van der Waals surface area contributed by atoms with Crippen LogP contribution in [0, 0.1) is 10.7 Å². The predicted octanol–water partition coefficient (Wildman–Crippen LogP) is 4.34. The summed E-state index contributed by atoms with van der Waals surface area (Å²) in [7, 11) is 0. The minimum Gasteiger partial charge on any atom is -0.508 e. The van der Waals surface area contributed by atoms with Gasteiger partial charge in [0.05, 0.1) is 27.6 Å². The Bertz CT molecular complexity index is 886. The van der Waals surface area contributed by atoms with E-state index in [0.29, 0.717) is 22.1 Å². The molecule has 2 amide bonds. The highest BCUT2D eigenvalue weighted by Crippen LogP contribution is 2.39. The van der Waals surface area contributed by atoms with Gasteiger partial charge in [-0.05, 0) is 92.0 Å². The van der Waals surface area contributed by atoms with Crippen LogP contribution in [0.4, 0.5) is 11.4 Å². The molecule has 7 nitrogen and oxygen atoms in total. The van der Waals surface area contributed by atoms with Gasteiger partial charge in [-0.15, -0.1) is 0 Å². The Morgan fingerprint density at radius 3 is 1.70 bits per heavy atom. The second kappa shape index (κ2) is 9.36. The summed E-state index contributed by atoms with van der Waals surface area (Å²) < 4.78 is 6.98. The molecule has 2 aromatic rings. The maximum absolute atomic E-state index is 12.8. The van der Waals surface area contributed by atoms with Crippen molar-refractivity contribution in [3.8, 4) is 11.5 Å². The Morgan fingerprint density at radius 1 is 0.852 bits per heavy atom. The highest BCUT2D eigenvalue weighted by molar-refractivity contribution is 14.1. The maximum Gasteiger partial charge on any atom is 0.345 e. The number of nitrogens with one attached hydrogen (secondary N) is 2. The van der Waals surface area contributed by atoms with Gasteiger partial charge < -0.3 is 20.5 Å². The Hall–Kier alpha value is -1.16. The lowest BCUT2D eigenvalue weighted by Gasteiger charge is -2.19. The van der Waals surface area contributed by atoms with Crippen LogP contribution in [0.25, 0.3) is 0 Å². The summed E-state index contributed by atoms with van der Waals surface area (Å²) in [6.45, 7) is 2.72. The number of phenolic OH excluding ortho intramolecular Hbond substituents is 1. The number of hydrogen-bond acceptors (Lipinski definition) is 5. The average molecular weight is 706 g/mol. The Morgan fingerprint density at radius 2 is 1.30 bits per heavy atom. The molecule has 0 saturated carbocycles. The van der Waals surface area contributed by atoms with E-state index in [0.717, 1.165) is 0 Å². The van der Waals surface area contributed by atoms with Crippen LogP contribution in [0.5, 0.6) is 11.5 Å². The number of esters is 1. The number of anilines is 2. The molecule has 0 heterocycles. The van der Waals surface area contributed by atoms with E-state index in [1.807, 2.05) is 67.8 Å². The summed E-state index contributed by atoms with van der Waals surface area (Å²) in [6.07, 6.45) is 0. The van der Waals surface area contributed by atoms with Gasteiger partial charge in [-0.25, -0.2) is 4.79 Å². The molecule has 10 heteroatoms. The lowest BCUT2D eigenvalue weighted by Crippen LogP contribution is -2.20. The molecular formula is C17H13I3N2O5. The SMILES string of the molecule is CC(=O)Nc1c(I)c(NC(C)=O)c(I)c(C(=O)Oc2ccc(O)cc2)c1I. The van der Waals surface area contributed by atoms with Gasteiger partial charge in [0.25, 0.3) is 0 Å². The fourth-order valence-corrected chi connectivity index (χ4v) is 6.23. The molecule has 0 spiro atoms. The van der Waals surface area contributed by atoms with E-state index in [4.69, 9.17) is 4.74 Å². The number of aromatic hydroxyl groups is 1. The van der Waals surface area contributed by atoms with E-state index in [9.17, 15) is 19.5 Å². The van der Waals surface area contributed by atoms with Crippen LogP contribution in [0.15, 0.2) is 24.3 Å². The van der Waals surface area contributed by atoms with Crippen molar-refractivity contribution in [2.45, 2.75) is 13.8 Å². The quantitative estimate of drug-likeness (QED) is 0.250. The molecule has 27 heavy (non-hydrogen) atoms. The molecule has 2 rings (SSSR count). The van der Waals surface area contributed by atoms with E-state index in [-0.39, 0.29) is 28.9 Å². The molecule has 0 aliphatic heterocycles. The van der Waals surface area contributed by atoms with E-state index in [1.54, 1.807) is 0 Å². The standard InChI is InChI=1S/C17H13I3N2O5/c1-7(23)21-15-12(18)11(13(19)16(14(15)20)22-8(2)24)17(26)27-10-5-3-9(25)4-6-10/h3-6,25H,1-2H3,(H,21,23)(H,22,24).